The fraction of sp³-hybridized carbons (Fsp3) is 0.550. The van der Waals surface area contributed by atoms with E-state index in [0.29, 0.717) is 12.0 Å². The number of methoxy groups -OCH3 is 1. The van der Waals surface area contributed by atoms with E-state index >= 15 is 0 Å². The van der Waals surface area contributed by atoms with Crippen molar-refractivity contribution < 1.29 is 19.0 Å². The zero-order valence-electron chi connectivity index (χ0n) is 14.8. The third-order valence-corrected chi connectivity index (χ3v) is 6.64. The highest BCUT2D eigenvalue weighted by Crippen LogP contribution is 2.62. The van der Waals surface area contributed by atoms with Crippen LogP contribution in [0, 0.1) is 5.92 Å². The molecule has 5 nitrogen and oxygen atoms in total. The van der Waals surface area contributed by atoms with Crippen LogP contribution < -0.4 is 9.47 Å². The number of piperidine rings is 1. The molecule has 1 aromatic carbocycles. The summed E-state index contributed by atoms with van der Waals surface area (Å²) in [4.78, 5) is 14.1. The summed E-state index contributed by atoms with van der Waals surface area (Å²) >= 11 is 0. The van der Waals surface area contributed by atoms with Gasteiger partial charge < -0.3 is 19.1 Å². The van der Waals surface area contributed by atoms with Crippen molar-refractivity contribution in [3.8, 4) is 11.5 Å². The highest BCUT2D eigenvalue weighted by Gasteiger charge is 2.65. The smallest absolute Gasteiger partial charge is 0.303 e. The number of nitrogens with zero attached hydrogens (tertiary/aromatic N) is 1. The number of rotatable bonds is 2. The Morgan fingerprint density at radius 2 is 2.20 bits per heavy atom. The molecule has 25 heavy (non-hydrogen) atoms. The van der Waals surface area contributed by atoms with Gasteiger partial charge in [-0.2, -0.15) is 0 Å². The van der Waals surface area contributed by atoms with Crippen LogP contribution in [0.2, 0.25) is 0 Å². The molecule has 1 saturated heterocycles. The molecular formula is C20H23NO4. The van der Waals surface area contributed by atoms with Crippen LogP contribution in [0.4, 0.5) is 0 Å². The lowest BCUT2D eigenvalue weighted by Gasteiger charge is -2.56. The van der Waals surface area contributed by atoms with E-state index in [1.807, 2.05) is 12.1 Å². The summed E-state index contributed by atoms with van der Waals surface area (Å²) in [5.74, 6) is 1.75. The average Bonchev–Trinajstić information content (AvgIpc) is 2.94. The summed E-state index contributed by atoms with van der Waals surface area (Å²) < 4.78 is 17.7. The van der Waals surface area contributed by atoms with Crippen LogP contribution in [0.3, 0.4) is 0 Å². The quantitative estimate of drug-likeness (QED) is 0.609. The van der Waals surface area contributed by atoms with Crippen molar-refractivity contribution in [3.05, 3.63) is 35.4 Å². The zero-order chi connectivity index (χ0) is 17.3. The standard InChI is InChI=1S/C20H23NO4/c1-11(22)24-16-7-5-13-14-10-12-4-6-15(23-3)18-17(12)20(13,19(16)25-18)8-9-21(14)2/h4-7,13-14,16,19H,8-10H2,1-3H3/t13?,14-,16+,19+,20+/m1/s1. The molecule has 2 heterocycles. The second kappa shape index (κ2) is 5.01. The second-order valence-corrected chi connectivity index (χ2v) is 7.70. The van der Waals surface area contributed by atoms with Crippen molar-refractivity contribution in [3.63, 3.8) is 0 Å². The molecule has 0 saturated carbocycles. The zero-order valence-corrected chi connectivity index (χ0v) is 14.8. The van der Waals surface area contributed by atoms with Gasteiger partial charge in [-0.1, -0.05) is 12.1 Å². The molecule has 1 unspecified atom stereocenters. The van der Waals surface area contributed by atoms with Gasteiger partial charge in [-0.3, -0.25) is 4.79 Å². The van der Waals surface area contributed by atoms with E-state index < -0.39 is 0 Å². The van der Waals surface area contributed by atoms with Gasteiger partial charge >= 0.3 is 5.97 Å². The first-order valence-electron chi connectivity index (χ1n) is 8.99. The lowest BCUT2D eigenvalue weighted by Crippen LogP contribution is -2.65. The topological polar surface area (TPSA) is 48.0 Å². The Labute approximate surface area is 147 Å². The fourth-order valence-electron chi connectivity index (χ4n) is 5.66. The van der Waals surface area contributed by atoms with E-state index in [1.54, 1.807) is 7.11 Å². The molecule has 5 rings (SSSR count). The number of hydrogen-bond acceptors (Lipinski definition) is 5. The molecule has 1 fully saturated rings. The van der Waals surface area contributed by atoms with Gasteiger partial charge in [0.15, 0.2) is 17.6 Å². The molecule has 0 N–H and O–H groups in total. The van der Waals surface area contributed by atoms with Gasteiger partial charge in [0.25, 0.3) is 0 Å². The number of ether oxygens (including phenoxy) is 3. The molecule has 2 aliphatic carbocycles. The van der Waals surface area contributed by atoms with Crippen molar-refractivity contribution in [1.29, 1.82) is 0 Å². The maximum absolute atomic E-state index is 11.6. The monoisotopic (exact) mass is 341 g/mol. The van der Waals surface area contributed by atoms with Gasteiger partial charge in [-0.05, 0) is 44.1 Å². The van der Waals surface area contributed by atoms with Gasteiger partial charge in [0.2, 0.25) is 0 Å². The predicted molar refractivity (Wildman–Crippen MR) is 92.0 cm³/mol. The molecule has 1 aromatic rings. The fourth-order valence-corrected chi connectivity index (χ4v) is 5.66. The number of benzene rings is 1. The van der Waals surface area contributed by atoms with Crippen molar-refractivity contribution in [2.75, 3.05) is 20.7 Å². The van der Waals surface area contributed by atoms with Crippen LogP contribution >= 0.6 is 0 Å². The van der Waals surface area contributed by atoms with Crippen LogP contribution in [-0.4, -0.2) is 49.8 Å². The first-order valence-corrected chi connectivity index (χ1v) is 8.99. The van der Waals surface area contributed by atoms with Crippen LogP contribution in [0.25, 0.3) is 0 Å². The Bertz CT molecular complexity index is 788. The maximum atomic E-state index is 11.6. The summed E-state index contributed by atoms with van der Waals surface area (Å²) in [5, 5.41) is 0. The molecule has 5 heteroatoms. The average molecular weight is 341 g/mol. The van der Waals surface area contributed by atoms with E-state index in [4.69, 9.17) is 14.2 Å². The minimum atomic E-state index is -0.346. The first kappa shape index (κ1) is 15.3. The highest BCUT2D eigenvalue weighted by atomic mass is 16.6. The Morgan fingerprint density at radius 1 is 1.36 bits per heavy atom. The minimum absolute atomic E-state index is 0.122. The number of hydrogen-bond donors (Lipinski definition) is 0. The number of likely N-dealkylation sites (N-methyl/N-ethyl adjacent to an activating group) is 1. The lowest BCUT2D eigenvalue weighted by atomic mass is 9.53. The van der Waals surface area contributed by atoms with Gasteiger partial charge in [-0.25, -0.2) is 0 Å². The molecule has 2 aliphatic heterocycles. The predicted octanol–water partition coefficient (Wildman–Crippen LogP) is 2.07. The van der Waals surface area contributed by atoms with Crippen LogP contribution in [0.1, 0.15) is 24.5 Å². The van der Waals surface area contributed by atoms with Crippen molar-refractivity contribution in [2.24, 2.45) is 5.92 Å². The summed E-state index contributed by atoms with van der Waals surface area (Å²) in [7, 11) is 3.89. The summed E-state index contributed by atoms with van der Waals surface area (Å²) in [6.07, 6.45) is 5.81. The van der Waals surface area contributed by atoms with E-state index in [1.165, 1.54) is 18.1 Å². The first-order chi connectivity index (χ1) is 12.1. The van der Waals surface area contributed by atoms with Gasteiger partial charge in [0.1, 0.15) is 6.10 Å². The van der Waals surface area contributed by atoms with Crippen molar-refractivity contribution >= 4 is 5.97 Å². The SMILES string of the molecule is COc1ccc2c3c1O[C@H]1[C@@H](OC(C)=O)C=CC4[C@@H](C2)N(C)CC[C@@]341. The Hall–Kier alpha value is -2.01. The summed E-state index contributed by atoms with van der Waals surface area (Å²) in [5.41, 5.74) is 2.53. The normalized spacial score (nSPS) is 37.2. The van der Waals surface area contributed by atoms with E-state index in [-0.39, 0.29) is 23.6 Å². The van der Waals surface area contributed by atoms with Crippen LogP contribution in [0.5, 0.6) is 11.5 Å². The maximum Gasteiger partial charge on any atom is 0.303 e. The van der Waals surface area contributed by atoms with Gasteiger partial charge in [-0.15, -0.1) is 0 Å². The second-order valence-electron chi connectivity index (χ2n) is 7.70. The Kier molecular flexibility index (Phi) is 3.06. The van der Waals surface area contributed by atoms with Crippen molar-refractivity contribution in [1.82, 2.24) is 4.90 Å². The Morgan fingerprint density at radius 3 is 2.96 bits per heavy atom. The largest absolute Gasteiger partial charge is 0.493 e. The molecule has 2 bridgehead atoms. The minimum Gasteiger partial charge on any atom is -0.493 e. The molecule has 0 radical (unpaired) electrons. The van der Waals surface area contributed by atoms with Gasteiger partial charge in [0, 0.05) is 29.9 Å². The lowest BCUT2D eigenvalue weighted by molar-refractivity contribution is -0.152. The van der Waals surface area contributed by atoms with Crippen LogP contribution in [0.15, 0.2) is 24.3 Å². The molecule has 132 valence electrons. The summed E-state index contributed by atoms with van der Waals surface area (Å²) in [6.45, 7) is 2.49. The molecule has 4 aliphatic rings. The molecule has 5 atom stereocenters. The van der Waals surface area contributed by atoms with E-state index in [0.717, 1.165) is 30.9 Å². The molecule has 1 spiro atoms. The number of carbonyl (C=O) groups excluding carboxylic acids is 1. The Balaban J connectivity index is 1.74. The number of esters is 1. The van der Waals surface area contributed by atoms with E-state index in [9.17, 15) is 4.79 Å². The van der Waals surface area contributed by atoms with Crippen LogP contribution in [-0.2, 0) is 21.4 Å². The highest BCUT2D eigenvalue weighted by molar-refractivity contribution is 5.67. The summed E-state index contributed by atoms with van der Waals surface area (Å²) in [6, 6.07) is 4.65. The molecular weight excluding hydrogens is 318 g/mol. The number of likely N-dealkylation sites (tertiary alicyclic amines) is 1. The van der Waals surface area contributed by atoms with Crippen molar-refractivity contribution in [2.45, 2.75) is 43.4 Å². The van der Waals surface area contributed by atoms with Gasteiger partial charge in [0.05, 0.1) is 7.11 Å². The third kappa shape index (κ3) is 1.79. The molecule has 0 amide bonds. The number of carbonyl (C=O) groups is 1. The molecule has 0 aromatic heterocycles. The van der Waals surface area contributed by atoms with E-state index in [2.05, 4.69) is 24.1 Å². The third-order valence-electron chi connectivity index (χ3n) is 6.64.